The molecule has 6 heteroatoms. The molecule has 0 aromatic heterocycles. The Balaban J connectivity index is 1.61. The quantitative estimate of drug-likeness (QED) is 0.240. The van der Waals surface area contributed by atoms with Crippen molar-refractivity contribution in [3.8, 4) is 0 Å². The predicted molar refractivity (Wildman–Crippen MR) is 108 cm³/mol. The van der Waals surface area contributed by atoms with E-state index in [0.717, 1.165) is 11.1 Å². The van der Waals surface area contributed by atoms with E-state index < -0.39 is 16.0 Å². The Hall–Kier alpha value is -2.96. The van der Waals surface area contributed by atoms with E-state index in [4.69, 9.17) is 4.74 Å². The van der Waals surface area contributed by atoms with Gasteiger partial charge in [0.25, 0.3) is 5.69 Å². The van der Waals surface area contributed by atoms with E-state index in [1.54, 1.807) is 24.3 Å². The van der Waals surface area contributed by atoms with Crippen molar-refractivity contribution >= 4 is 23.2 Å². The van der Waals surface area contributed by atoms with Crippen molar-refractivity contribution in [1.29, 1.82) is 0 Å². The average molecular weight is 391 g/mol. The maximum absolute atomic E-state index is 13.3. The SMILES string of the molecule is O=C(c1ccccc1)C1(SCc2ccccc2)OC1c1ccc([N+](=O)[O-])cc1. The van der Waals surface area contributed by atoms with Crippen molar-refractivity contribution < 1.29 is 14.5 Å². The van der Waals surface area contributed by atoms with Gasteiger partial charge in [-0.15, -0.1) is 11.8 Å². The third-order valence-corrected chi connectivity index (χ3v) is 6.04. The van der Waals surface area contributed by atoms with Crippen molar-refractivity contribution in [3.63, 3.8) is 0 Å². The van der Waals surface area contributed by atoms with Crippen LogP contribution in [0.1, 0.15) is 27.6 Å². The van der Waals surface area contributed by atoms with Crippen LogP contribution in [0.4, 0.5) is 5.69 Å². The van der Waals surface area contributed by atoms with E-state index in [9.17, 15) is 14.9 Å². The molecule has 4 rings (SSSR count). The number of rotatable bonds is 7. The van der Waals surface area contributed by atoms with Gasteiger partial charge in [0.05, 0.1) is 4.92 Å². The van der Waals surface area contributed by atoms with Crippen LogP contribution >= 0.6 is 11.8 Å². The van der Waals surface area contributed by atoms with Gasteiger partial charge in [0.15, 0.2) is 0 Å². The molecule has 0 saturated carbocycles. The fraction of sp³-hybridized carbons (Fsp3) is 0.136. The fourth-order valence-corrected chi connectivity index (χ4v) is 4.38. The summed E-state index contributed by atoms with van der Waals surface area (Å²) >= 11 is 1.45. The van der Waals surface area contributed by atoms with Gasteiger partial charge >= 0.3 is 0 Å². The van der Waals surface area contributed by atoms with Crippen LogP contribution in [-0.2, 0) is 10.5 Å². The minimum absolute atomic E-state index is 0.0151. The maximum Gasteiger partial charge on any atom is 0.269 e. The molecule has 1 saturated heterocycles. The van der Waals surface area contributed by atoms with Gasteiger partial charge in [0, 0.05) is 23.4 Å². The Bertz CT molecular complexity index is 992. The topological polar surface area (TPSA) is 72.7 Å². The minimum Gasteiger partial charge on any atom is -0.341 e. The van der Waals surface area contributed by atoms with Crippen LogP contribution in [0.3, 0.4) is 0 Å². The summed E-state index contributed by atoms with van der Waals surface area (Å²) in [5.74, 6) is 0.542. The molecule has 1 aliphatic heterocycles. The summed E-state index contributed by atoms with van der Waals surface area (Å²) in [5, 5.41) is 10.9. The molecule has 3 aromatic carbocycles. The zero-order chi connectivity index (χ0) is 19.6. The number of ether oxygens (including phenoxy) is 1. The number of nitro groups is 1. The van der Waals surface area contributed by atoms with Gasteiger partial charge in [0.2, 0.25) is 10.7 Å². The normalized spacial score (nSPS) is 20.5. The third-order valence-electron chi connectivity index (χ3n) is 4.64. The number of Topliss-reactive ketones (excluding diaryl/α,β-unsaturated/α-hetero) is 1. The lowest BCUT2D eigenvalue weighted by Crippen LogP contribution is -2.22. The summed E-state index contributed by atoms with van der Waals surface area (Å²) < 4.78 is 5.97. The number of non-ortho nitro benzene ring substituents is 1. The summed E-state index contributed by atoms with van der Waals surface area (Å²) in [6.07, 6.45) is -0.435. The number of hydrogen-bond acceptors (Lipinski definition) is 5. The Morgan fingerprint density at radius 3 is 2.18 bits per heavy atom. The summed E-state index contributed by atoms with van der Waals surface area (Å²) in [6.45, 7) is 0. The molecule has 0 bridgehead atoms. The van der Waals surface area contributed by atoms with Crippen LogP contribution < -0.4 is 0 Å². The summed E-state index contributed by atoms with van der Waals surface area (Å²) in [7, 11) is 0. The Labute approximate surface area is 166 Å². The second-order valence-corrected chi connectivity index (χ2v) is 7.67. The van der Waals surface area contributed by atoms with E-state index in [0.29, 0.717) is 11.3 Å². The molecule has 1 aliphatic rings. The molecule has 0 amide bonds. The number of hydrogen-bond donors (Lipinski definition) is 0. The lowest BCUT2D eigenvalue weighted by molar-refractivity contribution is -0.384. The van der Waals surface area contributed by atoms with Gasteiger partial charge in [-0.25, -0.2) is 0 Å². The second-order valence-electron chi connectivity index (χ2n) is 6.48. The largest absolute Gasteiger partial charge is 0.341 e. The number of thioether (sulfide) groups is 1. The Kier molecular flexibility index (Phi) is 4.98. The lowest BCUT2D eigenvalue weighted by atomic mass is 10.0. The zero-order valence-corrected chi connectivity index (χ0v) is 15.7. The molecule has 0 aliphatic carbocycles. The molecule has 0 radical (unpaired) electrons. The highest BCUT2D eigenvalue weighted by atomic mass is 32.2. The highest BCUT2D eigenvalue weighted by Crippen LogP contribution is 2.59. The standard InChI is InChI=1S/C22H17NO4S/c24-20(17-9-5-2-6-10-17)22(28-15-16-7-3-1-4-8-16)21(27-22)18-11-13-19(14-12-18)23(25)26/h1-14,21H,15H2. The number of carbonyl (C=O) groups is 1. The van der Waals surface area contributed by atoms with Gasteiger partial charge in [0.1, 0.15) is 6.10 Å². The summed E-state index contributed by atoms with van der Waals surface area (Å²) in [4.78, 5) is 22.7. The van der Waals surface area contributed by atoms with Gasteiger partial charge in [-0.2, -0.15) is 0 Å². The van der Waals surface area contributed by atoms with Crippen LogP contribution in [0.15, 0.2) is 84.9 Å². The molecular weight excluding hydrogens is 374 g/mol. The number of ketones is 1. The van der Waals surface area contributed by atoms with Crippen LogP contribution in [0.25, 0.3) is 0 Å². The zero-order valence-electron chi connectivity index (χ0n) is 14.9. The smallest absolute Gasteiger partial charge is 0.269 e. The summed E-state index contributed by atoms with van der Waals surface area (Å²) in [6, 6.07) is 25.2. The minimum atomic E-state index is -1.02. The second kappa shape index (κ2) is 7.58. The molecule has 1 heterocycles. The van der Waals surface area contributed by atoms with Gasteiger partial charge < -0.3 is 4.74 Å². The molecule has 1 fully saturated rings. The van der Waals surface area contributed by atoms with Crippen molar-refractivity contribution in [1.82, 2.24) is 0 Å². The molecule has 0 spiro atoms. The van der Waals surface area contributed by atoms with Crippen LogP contribution in [0.5, 0.6) is 0 Å². The average Bonchev–Trinajstić information content (AvgIpc) is 3.49. The number of nitrogens with zero attached hydrogens (tertiary/aromatic N) is 1. The molecule has 0 N–H and O–H groups in total. The Morgan fingerprint density at radius 2 is 1.57 bits per heavy atom. The number of benzene rings is 3. The first kappa shape index (κ1) is 18.4. The van der Waals surface area contributed by atoms with E-state index in [2.05, 4.69) is 0 Å². The van der Waals surface area contributed by atoms with Crippen LogP contribution in [0, 0.1) is 10.1 Å². The summed E-state index contributed by atoms with van der Waals surface area (Å²) in [5.41, 5.74) is 2.47. The van der Waals surface area contributed by atoms with Crippen molar-refractivity contribution in [3.05, 3.63) is 112 Å². The molecule has 140 valence electrons. The van der Waals surface area contributed by atoms with Crippen molar-refractivity contribution in [2.24, 2.45) is 0 Å². The highest BCUT2D eigenvalue weighted by molar-refractivity contribution is 8.00. The number of nitro benzene ring substituents is 1. The number of epoxide rings is 1. The van der Waals surface area contributed by atoms with E-state index in [1.807, 2.05) is 48.5 Å². The van der Waals surface area contributed by atoms with Gasteiger partial charge in [-0.1, -0.05) is 60.7 Å². The van der Waals surface area contributed by atoms with E-state index in [-0.39, 0.29) is 11.5 Å². The van der Waals surface area contributed by atoms with E-state index >= 15 is 0 Å². The van der Waals surface area contributed by atoms with Crippen LogP contribution in [0.2, 0.25) is 0 Å². The molecule has 2 atom stereocenters. The van der Waals surface area contributed by atoms with Crippen LogP contribution in [-0.4, -0.2) is 15.6 Å². The molecule has 28 heavy (non-hydrogen) atoms. The van der Waals surface area contributed by atoms with Gasteiger partial charge in [-0.05, 0) is 23.3 Å². The predicted octanol–water partition coefficient (Wildman–Crippen LogP) is 5.18. The molecule has 3 aromatic rings. The highest BCUT2D eigenvalue weighted by Gasteiger charge is 2.63. The molecule has 5 nitrogen and oxygen atoms in total. The number of carbonyl (C=O) groups excluding carboxylic acids is 1. The first-order valence-electron chi connectivity index (χ1n) is 8.80. The lowest BCUT2D eigenvalue weighted by Gasteiger charge is -2.12. The molecular formula is C22H17NO4S. The van der Waals surface area contributed by atoms with Gasteiger partial charge in [-0.3, -0.25) is 14.9 Å². The monoisotopic (exact) mass is 391 g/mol. The fourth-order valence-electron chi connectivity index (χ4n) is 3.10. The maximum atomic E-state index is 13.3. The van der Waals surface area contributed by atoms with E-state index in [1.165, 1.54) is 23.9 Å². The van der Waals surface area contributed by atoms with Crippen molar-refractivity contribution in [2.45, 2.75) is 16.8 Å². The first-order chi connectivity index (χ1) is 13.6. The van der Waals surface area contributed by atoms with Crippen molar-refractivity contribution in [2.75, 3.05) is 0 Å². The molecule has 2 unspecified atom stereocenters. The Morgan fingerprint density at radius 1 is 0.964 bits per heavy atom. The first-order valence-corrected chi connectivity index (χ1v) is 9.78. The third kappa shape index (κ3) is 3.56.